The molecular formula is C14H13N3. The Labute approximate surface area is 99.7 Å². The standard InChI is InChI=1S/C14H13N3/c1-2-6-12(7-3-1)10-15-17-14-9-5-4-8-13(14)11-16-17/h1-9,11,15H,10H2. The Morgan fingerprint density at radius 3 is 2.59 bits per heavy atom. The summed E-state index contributed by atoms with van der Waals surface area (Å²) in [6.07, 6.45) is 1.87. The van der Waals surface area contributed by atoms with E-state index in [1.54, 1.807) is 0 Å². The molecule has 3 heteroatoms. The molecule has 1 heterocycles. The maximum absolute atomic E-state index is 4.32. The van der Waals surface area contributed by atoms with E-state index in [0.29, 0.717) is 0 Å². The fourth-order valence-electron chi connectivity index (χ4n) is 1.86. The molecule has 3 aromatic rings. The molecule has 3 nitrogen and oxygen atoms in total. The number of para-hydroxylation sites is 1. The van der Waals surface area contributed by atoms with Crippen LogP contribution in [0.1, 0.15) is 5.56 Å². The molecule has 0 unspecified atom stereocenters. The number of nitrogens with one attached hydrogen (secondary N) is 1. The van der Waals surface area contributed by atoms with E-state index in [0.717, 1.165) is 17.4 Å². The number of hydrogen-bond acceptors (Lipinski definition) is 2. The van der Waals surface area contributed by atoms with Crippen molar-refractivity contribution < 1.29 is 0 Å². The summed E-state index contributed by atoms with van der Waals surface area (Å²) in [5.41, 5.74) is 5.63. The zero-order valence-corrected chi connectivity index (χ0v) is 9.38. The zero-order valence-electron chi connectivity index (χ0n) is 9.38. The largest absolute Gasteiger partial charge is 0.305 e. The highest BCUT2D eigenvalue weighted by molar-refractivity contribution is 5.78. The van der Waals surface area contributed by atoms with E-state index in [9.17, 15) is 0 Å². The minimum absolute atomic E-state index is 0.770. The van der Waals surface area contributed by atoms with Gasteiger partial charge in [-0.1, -0.05) is 48.5 Å². The Morgan fingerprint density at radius 1 is 0.941 bits per heavy atom. The van der Waals surface area contributed by atoms with Gasteiger partial charge in [-0.3, -0.25) is 0 Å². The Kier molecular flexibility index (Phi) is 2.50. The summed E-state index contributed by atoms with van der Waals surface area (Å²) in [5.74, 6) is 0. The molecule has 0 amide bonds. The maximum atomic E-state index is 4.32. The lowest BCUT2D eigenvalue weighted by atomic mass is 10.2. The number of hydrogen-bond donors (Lipinski definition) is 1. The van der Waals surface area contributed by atoms with Crippen LogP contribution in [0, 0.1) is 0 Å². The van der Waals surface area contributed by atoms with Crippen molar-refractivity contribution in [3.63, 3.8) is 0 Å². The highest BCUT2D eigenvalue weighted by Crippen LogP contribution is 2.11. The number of benzene rings is 2. The van der Waals surface area contributed by atoms with Crippen molar-refractivity contribution >= 4 is 10.9 Å². The van der Waals surface area contributed by atoms with Gasteiger partial charge in [-0.25, -0.2) is 0 Å². The predicted octanol–water partition coefficient (Wildman–Crippen LogP) is 2.78. The molecule has 0 aliphatic rings. The fraction of sp³-hybridized carbons (Fsp3) is 0.0714. The monoisotopic (exact) mass is 223 g/mol. The number of rotatable bonds is 3. The molecule has 0 aliphatic carbocycles. The molecule has 0 bridgehead atoms. The lowest BCUT2D eigenvalue weighted by Crippen LogP contribution is -2.15. The number of nitrogens with zero attached hydrogens (tertiary/aromatic N) is 2. The molecule has 0 saturated heterocycles. The van der Waals surface area contributed by atoms with Gasteiger partial charge in [-0.15, -0.1) is 0 Å². The first kappa shape index (κ1) is 9.90. The molecule has 84 valence electrons. The van der Waals surface area contributed by atoms with Gasteiger partial charge < -0.3 is 5.43 Å². The first-order valence-corrected chi connectivity index (χ1v) is 5.64. The summed E-state index contributed by atoms with van der Waals surface area (Å²) in [5, 5.41) is 5.46. The summed E-state index contributed by atoms with van der Waals surface area (Å²) in [6, 6.07) is 18.4. The summed E-state index contributed by atoms with van der Waals surface area (Å²) in [6.45, 7) is 0.770. The molecule has 0 radical (unpaired) electrons. The summed E-state index contributed by atoms with van der Waals surface area (Å²) in [4.78, 5) is 1.82. The molecule has 17 heavy (non-hydrogen) atoms. The van der Waals surface area contributed by atoms with Crippen LogP contribution in [0.25, 0.3) is 10.9 Å². The second kappa shape index (κ2) is 4.29. The SMILES string of the molecule is c1ccc(CNn2ncc3ccccc32)cc1. The minimum Gasteiger partial charge on any atom is -0.305 e. The highest BCUT2D eigenvalue weighted by atomic mass is 15.5. The zero-order chi connectivity index (χ0) is 11.5. The van der Waals surface area contributed by atoms with Crippen LogP contribution >= 0.6 is 0 Å². The van der Waals surface area contributed by atoms with Gasteiger partial charge in [0, 0.05) is 5.39 Å². The van der Waals surface area contributed by atoms with E-state index < -0.39 is 0 Å². The first-order chi connectivity index (χ1) is 8.43. The van der Waals surface area contributed by atoms with Crippen molar-refractivity contribution in [2.45, 2.75) is 6.54 Å². The fourth-order valence-corrected chi connectivity index (χ4v) is 1.86. The van der Waals surface area contributed by atoms with E-state index in [2.05, 4.69) is 34.8 Å². The van der Waals surface area contributed by atoms with Crippen molar-refractivity contribution in [2.75, 3.05) is 5.43 Å². The predicted molar refractivity (Wildman–Crippen MR) is 69.2 cm³/mol. The molecule has 3 rings (SSSR count). The van der Waals surface area contributed by atoms with Crippen molar-refractivity contribution in [3.8, 4) is 0 Å². The smallest absolute Gasteiger partial charge is 0.0918 e. The van der Waals surface area contributed by atoms with Gasteiger partial charge >= 0.3 is 0 Å². The molecule has 0 saturated carbocycles. The van der Waals surface area contributed by atoms with Gasteiger partial charge in [-0.05, 0) is 11.6 Å². The second-order valence-corrected chi connectivity index (χ2v) is 3.94. The average molecular weight is 223 g/mol. The molecule has 1 aromatic heterocycles. The Bertz CT molecular complexity index is 613. The molecule has 0 fully saturated rings. The molecule has 2 aromatic carbocycles. The molecule has 0 atom stereocenters. The van der Waals surface area contributed by atoms with Gasteiger partial charge in [0.2, 0.25) is 0 Å². The number of aromatic nitrogens is 2. The summed E-state index contributed by atoms with van der Waals surface area (Å²) < 4.78 is 0. The second-order valence-electron chi connectivity index (χ2n) is 3.94. The summed E-state index contributed by atoms with van der Waals surface area (Å²) in [7, 11) is 0. The van der Waals surface area contributed by atoms with Gasteiger partial charge in [0.25, 0.3) is 0 Å². The van der Waals surface area contributed by atoms with Crippen LogP contribution in [0.5, 0.6) is 0 Å². The first-order valence-electron chi connectivity index (χ1n) is 5.64. The third kappa shape index (κ3) is 1.99. The Morgan fingerprint density at radius 2 is 1.71 bits per heavy atom. The van der Waals surface area contributed by atoms with Crippen LogP contribution < -0.4 is 5.43 Å². The lowest BCUT2D eigenvalue weighted by molar-refractivity contribution is 0.756. The van der Waals surface area contributed by atoms with Crippen molar-refractivity contribution in [2.24, 2.45) is 0 Å². The van der Waals surface area contributed by atoms with Crippen LogP contribution in [-0.2, 0) is 6.54 Å². The van der Waals surface area contributed by atoms with Crippen LogP contribution in [0.4, 0.5) is 0 Å². The van der Waals surface area contributed by atoms with Crippen LogP contribution in [0.15, 0.2) is 60.8 Å². The van der Waals surface area contributed by atoms with Gasteiger partial charge in [0.15, 0.2) is 0 Å². The normalized spacial score (nSPS) is 10.6. The van der Waals surface area contributed by atoms with Crippen LogP contribution in [-0.4, -0.2) is 9.89 Å². The molecule has 0 spiro atoms. The molecule has 1 N–H and O–H groups in total. The van der Waals surface area contributed by atoms with E-state index in [-0.39, 0.29) is 0 Å². The highest BCUT2D eigenvalue weighted by Gasteiger charge is 2.00. The van der Waals surface area contributed by atoms with Crippen molar-refractivity contribution in [3.05, 3.63) is 66.4 Å². The lowest BCUT2D eigenvalue weighted by Gasteiger charge is -2.07. The van der Waals surface area contributed by atoms with E-state index in [1.165, 1.54) is 5.56 Å². The Balaban J connectivity index is 1.82. The van der Waals surface area contributed by atoms with Crippen LogP contribution in [0.3, 0.4) is 0 Å². The van der Waals surface area contributed by atoms with E-state index >= 15 is 0 Å². The third-order valence-corrected chi connectivity index (χ3v) is 2.75. The van der Waals surface area contributed by atoms with Gasteiger partial charge in [-0.2, -0.15) is 9.89 Å². The number of fused-ring (bicyclic) bond motifs is 1. The average Bonchev–Trinajstić information content (AvgIpc) is 2.81. The molecular weight excluding hydrogens is 210 g/mol. The van der Waals surface area contributed by atoms with E-state index in [1.807, 2.05) is 41.3 Å². The topological polar surface area (TPSA) is 29.9 Å². The van der Waals surface area contributed by atoms with E-state index in [4.69, 9.17) is 0 Å². The van der Waals surface area contributed by atoms with Crippen LogP contribution in [0.2, 0.25) is 0 Å². The van der Waals surface area contributed by atoms with Gasteiger partial charge in [0.1, 0.15) is 0 Å². The minimum atomic E-state index is 0.770. The summed E-state index contributed by atoms with van der Waals surface area (Å²) >= 11 is 0. The van der Waals surface area contributed by atoms with Gasteiger partial charge in [0.05, 0.1) is 18.3 Å². The Hall–Kier alpha value is -2.29. The molecule has 0 aliphatic heterocycles. The van der Waals surface area contributed by atoms with Crippen molar-refractivity contribution in [1.82, 2.24) is 9.89 Å². The third-order valence-electron chi connectivity index (χ3n) is 2.75. The quantitative estimate of drug-likeness (QED) is 0.740. The maximum Gasteiger partial charge on any atom is 0.0918 e. The van der Waals surface area contributed by atoms with Crippen molar-refractivity contribution in [1.29, 1.82) is 0 Å².